The molecule has 0 amide bonds. The van der Waals surface area contributed by atoms with Crippen molar-refractivity contribution in [1.82, 2.24) is 0 Å². The van der Waals surface area contributed by atoms with Gasteiger partial charge in [-0.15, -0.1) is 0 Å². The van der Waals surface area contributed by atoms with Crippen LogP contribution in [0.4, 0.5) is 4.39 Å². The van der Waals surface area contributed by atoms with Crippen LogP contribution in [-0.2, 0) is 18.3 Å². The van der Waals surface area contributed by atoms with Crippen molar-refractivity contribution in [3.05, 3.63) is 0 Å². The number of halogens is 1. The SMILES string of the molecule is COCO[C@H](CO[Si](C)(C)C(C)(C)C)C(CF)O[Si](C)(C)C(C)(C)C. The quantitative estimate of drug-likeness (QED) is 0.368. The lowest BCUT2D eigenvalue weighted by Crippen LogP contribution is -2.51. The second-order valence-electron chi connectivity index (χ2n) is 9.75. The Labute approximate surface area is 157 Å². The Bertz CT molecular complexity index is 390. The zero-order valence-electron chi connectivity index (χ0n) is 18.3. The molecule has 0 heterocycles. The number of hydrogen-bond donors (Lipinski definition) is 0. The Balaban J connectivity index is 5.21. The highest BCUT2D eigenvalue weighted by Gasteiger charge is 2.42. The van der Waals surface area contributed by atoms with Gasteiger partial charge < -0.3 is 18.3 Å². The van der Waals surface area contributed by atoms with Gasteiger partial charge in [-0.3, -0.25) is 0 Å². The first-order valence-electron chi connectivity index (χ1n) is 9.07. The number of alkyl halides is 1. The first kappa shape index (κ1) is 25.2. The maximum absolute atomic E-state index is 13.8. The molecule has 0 aliphatic heterocycles. The fourth-order valence-corrected chi connectivity index (χ4v) is 4.03. The fourth-order valence-electron chi connectivity index (χ4n) is 1.69. The molecule has 0 saturated carbocycles. The summed E-state index contributed by atoms with van der Waals surface area (Å²) in [5.41, 5.74) is 0. The minimum Gasteiger partial charge on any atom is -0.414 e. The molecule has 0 radical (unpaired) electrons. The van der Waals surface area contributed by atoms with Crippen LogP contribution in [0.3, 0.4) is 0 Å². The Morgan fingerprint density at radius 2 is 1.32 bits per heavy atom. The maximum atomic E-state index is 13.8. The van der Waals surface area contributed by atoms with Crippen LogP contribution in [0.15, 0.2) is 0 Å². The summed E-state index contributed by atoms with van der Waals surface area (Å²) in [5.74, 6) is 0. The molecule has 0 rings (SSSR count). The second-order valence-corrected chi connectivity index (χ2v) is 19.3. The number of methoxy groups -OCH3 is 1. The van der Waals surface area contributed by atoms with E-state index in [0.717, 1.165) is 0 Å². The molecular formula is C18H41FO4Si2. The largest absolute Gasteiger partial charge is 0.414 e. The van der Waals surface area contributed by atoms with Crippen LogP contribution in [-0.4, -0.2) is 56.0 Å². The molecule has 0 bridgehead atoms. The molecule has 0 aliphatic rings. The Kier molecular flexibility index (Phi) is 9.49. The molecule has 7 heteroatoms. The van der Waals surface area contributed by atoms with Gasteiger partial charge in [-0.1, -0.05) is 41.5 Å². The molecule has 4 nitrogen and oxygen atoms in total. The first-order valence-corrected chi connectivity index (χ1v) is 14.9. The summed E-state index contributed by atoms with van der Waals surface area (Å²) in [6.45, 7) is 21.4. The van der Waals surface area contributed by atoms with Gasteiger partial charge >= 0.3 is 0 Å². The van der Waals surface area contributed by atoms with Crippen LogP contribution >= 0.6 is 0 Å². The van der Waals surface area contributed by atoms with E-state index < -0.39 is 35.5 Å². The van der Waals surface area contributed by atoms with Gasteiger partial charge in [-0.05, 0) is 36.3 Å². The van der Waals surface area contributed by atoms with Crippen molar-refractivity contribution >= 4 is 16.6 Å². The maximum Gasteiger partial charge on any atom is 0.192 e. The van der Waals surface area contributed by atoms with Crippen LogP contribution < -0.4 is 0 Å². The van der Waals surface area contributed by atoms with E-state index in [0.29, 0.717) is 6.61 Å². The monoisotopic (exact) mass is 396 g/mol. The molecule has 0 N–H and O–H groups in total. The van der Waals surface area contributed by atoms with Gasteiger partial charge in [0.1, 0.15) is 25.7 Å². The van der Waals surface area contributed by atoms with Crippen LogP contribution in [0.1, 0.15) is 41.5 Å². The summed E-state index contributed by atoms with van der Waals surface area (Å²) in [6.07, 6.45) is -1.12. The van der Waals surface area contributed by atoms with Crippen molar-refractivity contribution in [1.29, 1.82) is 0 Å². The summed E-state index contributed by atoms with van der Waals surface area (Å²) in [6, 6.07) is 0. The molecule has 0 aromatic rings. The molecule has 0 fully saturated rings. The average molecular weight is 397 g/mol. The van der Waals surface area contributed by atoms with Gasteiger partial charge in [0.25, 0.3) is 0 Å². The fraction of sp³-hybridized carbons (Fsp3) is 1.00. The highest BCUT2D eigenvalue weighted by Crippen LogP contribution is 2.39. The van der Waals surface area contributed by atoms with E-state index in [1.807, 2.05) is 0 Å². The van der Waals surface area contributed by atoms with E-state index in [1.165, 1.54) is 0 Å². The zero-order valence-corrected chi connectivity index (χ0v) is 20.3. The lowest BCUT2D eigenvalue weighted by Gasteiger charge is -2.42. The standard InChI is InChI=1S/C18H41FO4Si2/c1-17(2,3)24(8,9)22-13-16(21-14-20-7)15(12-19)23-25(10,11)18(4,5)6/h15-16H,12-14H2,1-11H3/t15?,16-/m1/s1. The van der Waals surface area contributed by atoms with Gasteiger partial charge in [0, 0.05) is 7.11 Å². The van der Waals surface area contributed by atoms with Gasteiger partial charge in [0.15, 0.2) is 16.6 Å². The lowest BCUT2D eigenvalue weighted by molar-refractivity contribution is -0.125. The minimum absolute atomic E-state index is 0.00646. The topological polar surface area (TPSA) is 36.9 Å². The van der Waals surface area contributed by atoms with E-state index in [1.54, 1.807) is 7.11 Å². The molecule has 152 valence electrons. The Hall–Kier alpha value is 0.204. The van der Waals surface area contributed by atoms with Gasteiger partial charge in [-0.2, -0.15) is 0 Å². The molecule has 25 heavy (non-hydrogen) atoms. The van der Waals surface area contributed by atoms with Crippen LogP contribution in [0.5, 0.6) is 0 Å². The second kappa shape index (κ2) is 9.42. The highest BCUT2D eigenvalue weighted by molar-refractivity contribution is 6.74. The molecule has 1 unspecified atom stereocenters. The third-order valence-corrected chi connectivity index (χ3v) is 14.6. The molecule has 2 atom stereocenters. The van der Waals surface area contributed by atoms with Crippen LogP contribution in [0, 0.1) is 0 Å². The van der Waals surface area contributed by atoms with E-state index in [-0.39, 0.29) is 16.9 Å². The van der Waals surface area contributed by atoms with Crippen molar-refractivity contribution in [3.63, 3.8) is 0 Å². The van der Waals surface area contributed by atoms with Crippen molar-refractivity contribution in [2.75, 3.05) is 27.2 Å². The van der Waals surface area contributed by atoms with Crippen molar-refractivity contribution in [2.45, 2.75) is 90.0 Å². The van der Waals surface area contributed by atoms with Crippen LogP contribution in [0.2, 0.25) is 36.3 Å². The summed E-state index contributed by atoms with van der Waals surface area (Å²) in [4.78, 5) is 0. The number of rotatable bonds is 10. The van der Waals surface area contributed by atoms with Gasteiger partial charge in [-0.25, -0.2) is 4.39 Å². The van der Waals surface area contributed by atoms with Crippen molar-refractivity contribution in [2.24, 2.45) is 0 Å². The predicted octanol–water partition coefficient (Wildman–Crippen LogP) is 5.36. The summed E-state index contributed by atoms with van der Waals surface area (Å²) in [5, 5.41) is 0.0941. The van der Waals surface area contributed by atoms with Crippen LogP contribution in [0.25, 0.3) is 0 Å². The Morgan fingerprint density at radius 1 is 0.840 bits per heavy atom. The van der Waals surface area contributed by atoms with Crippen molar-refractivity contribution < 1.29 is 22.7 Å². The Morgan fingerprint density at radius 3 is 1.68 bits per heavy atom. The molecular weight excluding hydrogens is 355 g/mol. The molecule has 0 aromatic heterocycles. The molecule has 0 saturated heterocycles. The zero-order chi connectivity index (χ0) is 20.1. The van der Waals surface area contributed by atoms with E-state index in [4.69, 9.17) is 18.3 Å². The normalized spacial score (nSPS) is 16.8. The van der Waals surface area contributed by atoms with Gasteiger partial charge in [0.2, 0.25) is 0 Å². The molecule has 0 aromatic carbocycles. The van der Waals surface area contributed by atoms with E-state index >= 15 is 0 Å². The summed E-state index contributed by atoms with van der Waals surface area (Å²) in [7, 11) is -2.50. The van der Waals surface area contributed by atoms with Crippen molar-refractivity contribution in [3.8, 4) is 0 Å². The predicted molar refractivity (Wildman–Crippen MR) is 108 cm³/mol. The van der Waals surface area contributed by atoms with E-state index in [9.17, 15) is 4.39 Å². The average Bonchev–Trinajstić information content (AvgIpc) is 2.42. The molecule has 0 aliphatic carbocycles. The third-order valence-electron chi connectivity index (χ3n) is 5.63. The first-order chi connectivity index (χ1) is 11.1. The third kappa shape index (κ3) is 7.76. The smallest absolute Gasteiger partial charge is 0.192 e. The summed E-state index contributed by atoms with van der Waals surface area (Å²) < 4.78 is 37.2. The molecule has 0 spiro atoms. The number of ether oxygens (including phenoxy) is 2. The lowest BCUT2D eigenvalue weighted by atomic mass is 10.2. The highest BCUT2D eigenvalue weighted by atomic mass is 28.4. The van der Waals surface area contributed by atoms with Gasteiger partial charge in [0.05, 0.1) is 6.61 Å². The van der Waals surface area contributed by atoms with E-state index in [2.05, 4.69) is 67.7 Å². The summed E-state index contributed by atoms with van der Waals surface area (Å²) >= 11 is 0. The minimum atomic E-state index is -2.11. The number of hydrogen-bond acceptors (Lipinski definition) is 4.